The molecule has 9 heteroatoms. The number of aromatic nitrogens is 1. The van der Waals surface area contributed by atoms with Crippen LogP contribution in [0.2, 0.25) is 0 Å². The third-order valence-corrected chi connectivity index (χ3v) is 5.50. The number of hydrogen-bond acceptors (Lipinski definition) is 7. The maximum Gasteiger partial charge on any atom is 0.341 e. The number of anilines is 1. The fourth-order valence-electron chi connectivity index (χ4n) is 2.99. The summed E-state index contributed by atoms with van der Waals surface area (Å²) >= 11 is 1.23. The molecular formula is C20H23N3O5S. The molecule has 0 atom stereocenters. The second kappa shape index (κ2) is 8.71. The molecule has 2 N–H and O–H groups in total. The summed E-state index contributed by atoms with van der Waals surface area (Å²) in [6.45, 7) is 6.31. The Morgan fingerprint density at radius 3 is 2.79 bits per heavy atom. The van der Waals surface area contributed by atoms with Crippen LogP contribution in [0.1, 0.15) is 47.1 Å². The van der Waals surface area contributed by atoms with Gasteiger partial charge in [0.1, 0.15) is 5.00 Å². The minimum absolute atomic E-state index is 0.174. The maximum atomic E-state index is 12.6. The number of thiophene rings is 1. The van der Waals surface area contributed by atoms with E-state index in [1.165, 1.54) is 11.3 Å². The smallest absolute Gasteiger partial charge is 0.341 e. The van der Waals surface area contributed by atoms with Crippen LogP contribution >= 0.6 is 11.3 Å². The molecule has 1 aliphatic heterocycles. The molecule has 2 aromatic rings. The lowest BCUT2D eigenvalue weighted by Crippen LogP contribution is -2.35. The molecule has 0 saturated carbocycles. The molecule has 0 aliphatic carbocycles. The molecule has 0 unspecified atom stereocenters. The molecule has 0 spiro atoms. The highest BCUT2D eigenvalue weighted by Gasteiger charge is 2.34. The summed E-state index contributed by atoms with van der Waals surface area (Å²) in [5.41, 5.74) is 1.44. The normalized spacial score (nSPS) is 14.6. The summed E-state index contributed by atoms with van der Waals surface area (Å²) in [6.07, 6.45) is 3.74. The Morgan fingerprint density at radius 2 is 2.10 bits per heavy atom. The number of pyridine rings is 1. The van der Waals surface area contributed by atoms with Gasteiger partial charge in [0, 0.05) is 30.2 Å². The molecule has 0 fully saturated rings. The van der Waals surface area contributed by atoms with Crippen molar-refractivity contribution in [2.24, 2.45) is 0 Å². The van der Waals surface area contributed by atoms with Gasteiger partial charge in [-0.25, -0.2) is 4.79 Å². The van der Waals surface area contributed by atoms with Crippen molar-refractivity contribution in [3.8, 4) is 0 Å². The maximum absolute atomic E-state index is 12.6. The SMILES string of the molecule is CCOC(=O)c1c(NC(=O)C(=O)NCc2cccnc2)sc2c1CC(C)(C)OC2. The zero-order valence-electron chi connectivity index (χ0n) is 16.5. The van der Waals surface area contributed by atoms with E-state index in [4.69, 9.17) is 9.47 Å². The predicted molar refractivity (Wildman–Crippen MR) is 108 cm³/mol. The van der Waals surface area contributed by atoms with Gasteiger partial charge in [-0.1, -0.05) is 6.07 Å². The first-order valence-electron chi connectivity index (χ1n) is 9.24. The largest absolute Gasteiger partial charge is 0.462 e. The molecule has 0 saturated heterocycles. The zero-order valence-corrected chi connectivity index (χ0v) is 17.4. The van der Waals surface area contributed by atoms with Gasteiger partial charge in [-0.15, -0.1) is 11.3 Å². The quantitative estimate of drug-likeness (QED) is 0.572. The van der Waals surface area contributed by atoms with Crippen molar-refractivity contribution in [2.75, 3.05) is 11.9 Å². The summed E-state index contributed by atoms with van der Waals surface area (Å²) in [4.78, 5) is 41.9. The summed E-state index contributed by atoms with van der Waals surface area (Å²) in [6, 6.07) is 3.53. The Balaban J connectivity index is 1.77. The lowest BCUT2D eigenvalue weighted by molar-refractivity contribution is -0.136. The Hall–Kier alpha value is -2.78. The molecule has 0 bridgehead atoms. The van der Waals surface area contributed by atoms with Gasteiger partial charge in [0.25, 0.3) is 0 Å². The molecule has 29 heavy (non-hydrogen) atoms. The molecular weight excluding hydrogens is 394 g/mol. The lowest BCUT2D eigenvalue weighted by Gasteiger charge is -2.30. The summed E-state index contributed by atoms with van der Waals surface area (Å²) in [7, 11) is 0. The average Bonchev–Trinajstić information content (AvgIpc) is 3.02. The van der Waals surface area contributed by atoms with Crippen LogP contribution in [0.4, 0.5) is 5.00 Å². The zero-order chi connectivity index (χ0) is 21.0. The van der Waals surface area contributed by atoms with E-state index in [2.05, 4.69) is 15.6 Å². The second-order valence-electron chi connectivity index (χ2n) is 7.15. The highest BCUT2D eigenvalue weighted by atomic mass is 32.1. The molecule has 2 aromatic heterocycles. The van der Waals surface area contributed by atoms with E-state index >= 15 is 0 Å². The molecule has 0 aromatic carbocycles. The highest BCUT2D eigenvalue weighted by Crippen LogP contribution is 2.40. The van der Waals surface area contributed by atoms with Gasteiger partial charge >= 0.3 is 17.8 Å². The topological polar surface area (TPSA) is 107 Å². The molecule has 154 valence electrons. The number of ether oxygens (including phenoxy) is 2. The van der Waals surface area contributed by atoms with Crippen molar-refractivity contribution in [1.82, 2.24) is 10.3 Å². The van der Waals surface area contributed by atoms with Gasteiger partial charge in [-0.2, -0.15) is 0 Å². The van der Waals surface area contributed by atoms with E-state index < -0.39 is 23.4 Å². The number of rotatable bonds is 5. The van der Waals surface area contributed by atoms with Gasteiger partial charge in [-0.3, -0.25) is 14.6 Å². The summed E-state index contributed by atoms with van der Waals surface area (Å²) in [5.74, 6) is -2.17. The Bertz CT molecular complexity index is 924. The molecule has 3 heterocycles. The first kappa shape index (κ1) is 20.9. The van der Waals surface area contributed by atoms with Crippen molar-refractivity contribution in [3.63, 3.8) is 0 Å². The van der Waals surface area contributed by atoms with Crippen molar-refractivity contribution in [2.45, 2.75) is 45.9 Å². The summed E-state index contributed by atoms with van der Waals surface area (Å²) < 4.78 is 11.0. The number of esters is 1. The van der Waals surface area contributed by atoms with E-state index in [0.717, 1.165) is 16.0 Å². The number of carbonyl (C=O) groups is 3. The number of nitrogens with zero attached hydrogens (tertiary/aromatic N) is 1. The van der Waals surface area contributed by atoms with Crippen LogP contribution in [0.3, 0.4) is 0 Å². The van der Waals surface area contributed by atoms with E-state index in [0.29, 0.717) is 23.6 Å². The Kier molecular flexibility index (Phi) is 6.29. The third-order valence-electron chi connectivity index (χ3n) is 4.38. The van der Waals surface area contributed by atoms with E-state index in [-0.39, 0.29) is 13.2 Å². The van der Waals surface area contributed by atoms with Gasteiger partial charge in [0.15, 0.2) is 0 Å². The highest BCUT2D eigenvalue weighted by molar-refractivity contribution is 7.17. The summed E-state index contributed by atoms with van der Waals surface area (Å²) in [5, 5.41) is 5.41. The second-order valence-corrected chi connectivity index (χ2v) is 8.26. The van der Waals surface area contributed by atoms with Gasteiger partial charge in [0.2, 0.25) is 0 Å². The molecule has 3 rings (SSSR count). The van der Waals surface area contributed by atoms with Crippen molar-refractivity contribution < 1.29 is 23.9 Å². The number of fused-ring (bicyclic) bond motifs is 1. The molecule has 2 amide bonds. The standard InChI is InChI=1S/C20H23N3O5S/c1-4-27-19(26)15-13-8-20(2,3)28-11-14(13)29-18(15)23-17(25)16(24)22-10-12-6-5-7-21-9-12/h5-7,9H,4,8,10-11H2,1-3H3,(H,22,24)(H,23,25). The van der Waals surface area contributed by atoms with Crippen LogP contribution in [-0.4, -0.2) is 35.0 Å². The van der Waals surface area contributed by atoms with Gasteiger partial charge in [-0.05, 0) is 38.0 Å². The fourth-order valence-corrected chi connectivity index (χ4v) is 4.10. The Morgan fingerprint density at radius 1 is 1.31 bits per heavy atom. The van der Waals surface area contributed by atoms with E-state index in [1.54, 1.807) is 31.5 Å². The minimum Gasteiger partial charge on any atom is -0.462 e. The van der Waals surface area contributed by atoms with Gasteiger partial charge in [0.05, 0.1) is 24.4 Å². The van der Waals surface area contributed by atoms with Crippen LogP contribution in [0.5, 0.6) is 0 Å². The predicted octanol–water partition coefficient (Wildman–Crippen LogP) is 2.43. The third kappa shape index (κ3) is 4.99. The van der Waals surface area contributed by atoms with E-state index in [9.17, 15) is 14.4 Å². The number of amides is 2. The van der Waals surface area contributed by atoms with Crippen LogP contribution in [0, 0.1) is 0 Å². The fraction of sp³-hybridized carbons (Fsp3) is 0.400. The van der Waals surface area contributed by atoms with Gasteiger partial charge < -0.3 is 20.1 Å². The first-order valence-corrected chi connectivity index (χ1v) is 10.1. The van der Waals surface area contributed by atoms with Crippen LogP contribution in [0.25, 0.3) is 0 Å². The molecule has 1 aliphatic rings. The van der Waals surface area contributed by atoms with Crippen LogP contribution in [0.15, 0.2) is 24.5 Å². The average molecular weight is 417 g/mol. The number of hydrogen-bond donors (Lipinski definition) is 2. The number of carbonyl (C=O) groups excluding carboxylic acids is 3. The first-order chi connectivity index (χ1) is 13.8. The minimum atomic E-state index is -0.849. The monoisotopic (exact) mass is 417 g/mol. The van der Waals surface area contributed by atoms with Crippen molar-refractivity contribution in [3.05, 3.63) is 46.1 Å². The van der Waals surface area contributed by atoms with Crippen LogP contribution < -0.4 is 10.6 Å². The Labute approximate surface area is 172 Å². The van der Waals surface area contributed by atoms with E-state index in [1.807, 2.05) is 13.8 Å². The number of nitrogens with one attached hydrogen (secondary N) is 2. The van der Waals surface area contributed by atoms with Crippen LogP contribution in [-0.2, 0) is 38.6 Å². The lowest BCUT2D eigenvalue weighted by atomic mass is 9.93. The molecule has 8 nitrogen and oxygen atoms in total. The van der Waals surface area contributed by atoms with Crippen molar-refractivity contribution in [1.29, 1.82) is 0 Å². The molecule has 0 radical (unpaired) electrons. The van der Waals surface area contributed by atoms with Crippen molar-refractivity contribution >= 4 is 34.1 Å².